The zero-order valence-corrected chi connectivity index (χ0v) is 30.8. The van der Waals surface area contributed by atoms with E-state index in [9.17, 15) is 0 Å². The summed E-state index contributed by atoms with van der Waals surface area (Å²) in [6.07, 6.45) is 4.49. The van der Waals surface area contributed by atoms with E-state index in [-0.39, 0.29) is 0 Å². The molecule has 0 saturated heterocycles. The van der Waals surface area contributed by atoms with Crippen molar-refractivity contribution < 1.29 is 0 Å². The van der Waals surface area contributed by atoms with Gasteiger partial charge < -0.3 is 11.5 Å². The zero-order valence-electron chi connectivity index (χ0n) is 30.8. The van der Waals surface area contributed by atoms with E-state index in [1.54, 1.807) is 0 Å². The number of hydrogen-bond donors (Lipinski definition) is 2. The van der Waals surface area contributed by atoms with Gasteiger partial charge in [0.2, 0.25) is 0 Å². The molecule has 10 aromatic rings. The normalized spacial score (nSPS) is 11.6. The van der Waals surface area contributed by atoms with E-state index >= 15 is 0 Å². The number of nitrogen functional groups attached to an aromatic ring is 2. The minimum Gasteiger partial charge on any atom is -0.398 e. The van der Waals surface area contributed by atoms with E-state index in [2.05, 4.69) is 194 Å². The summed E-state index contributed by atoms with van der Waals surface area (Å²) in [5.74, 6) is 0. The molecule has 0 spiro atoms. The maximum absolute atomic E-state index is 6.97. The number of fused-ring (bicyclic) bond motifs is 4. The molecule has 0 aliphatic heterocycles. The number of hydrogen-bond acceptors (Lipinski definition) is 2. The molecule has 0 amide bonds. The van der Waals surface area contributed by atoms with Crippen LogP contribution in [0.15, 0.2) is 194 Å². The molecule has 0 radical (unpaired) electrons. The van der Waals surface area contributed by atoms with Crippen LogP contribution in [0.2, 0.25) is 0 Å². The van der Waals surface area contributed by atoms with Gasteiger partial charge in [0.15, 0.2) is 0 Å². The predicted molar refractivity (Wildman–Crippen MR) is 242 cm³/mol. The van der Waals surface area contributed by atoms with Crippen LogP contribution in [0, 0.1) is 0 Å². The second-order valence-electron chi connectivity index (χ2n) is 14.6. The molecule has 10 rings (SSSR count). The topological polar surface area (TPSA) is 52.0 Å². The molecule has 4 N–H and O–H groups in total. The summed E-state index contributed by atoms with van der Waals surface area (Å²) in [6, 6.07) is 69.1. The third-order valence-corrected chi connectivity index (χ3v) is 11.1. The summed E-state index contributed by atoms with van der Waals surface area (Å²) >= 11 is 0. The standard InChI is InChI=1S/C54H38N2/c55-49-29-27-39(51(45-23-17-35-9-1-5-13-41(35)31-45)53(49)47-25-19-37-11-3-7-15-43(37)33-47)21-22-40-28-30-50(56)54(48-26-20-38-12-4-8-16-44(38)34-48)52(40)46-24-18-36-10-2-6-14-42(36)32-46/h1-34H,55-56H2/b22-21+. The Hall–Kier alpha value is -7.42. The van der Waals surface area contributed by atoms with Gasteiger partial charge in [-0.2, -0.15) is 0 Å². The SMILES string of the molecule is Nc1ccc(/C=C/c2ccc(N)c(-c3ccc4ccccc4c3)c2-c2ccc3ccccc3c2)c(-c2ccc3ccccc3c2)c1-c1ccc2ccccc2c1. The fraction of sp³-hybridized carbons (Fsp3) is 0. The van der Waals surface area contributed by atoms with Gasteiger partial charge in [0.1, 0.15) is 0 Å². The molecule has 264 valence electrons. The Morgan fingerprint density at radius 3 is 0.821 bits per heavy atom. The Morgan fingerprint density at radius 1 is 0.250 bits per heavy atom. The molecule has 0 aliphatic rings. The van der Waals surface area contributed by atoms with E-state index in [1.807, 2.05) is 12.1 Å². The van der Waals surface area contributed by atoms with Crippen molar-refractivity contribution in [1.29, 1.82) is 0 Å². The Balaban J connectivity index is 1.21. The first kappa shape index (κ1) is 33.2. The maximum atomic E-state index is 6.97. The number of rotatable bonds is 6. The molecular formula is C54H38N2. The van der Waals surface area contributed by atoms with Crippen molar-refractivity contribution >= 4 is 66.6 Å². The molecule has 56 heavy (non-hydrogen) atoms. The fourth-order valence-electron chi connectivity index (χ4n) is 8.35. The van der Waals surface area contributed by atoms with Gasteiger partial charge in [0.05, 0.1) is 0 Å². The molecular weight excluding hydrogens is 677 g/mol. The van der Waals surface area contributed by atoms with Crippen LogP contribution in [0.5, 0.6) is 0 Å². The fourth-order valence-corrected chi connectivity index (χ4v) is 8.35. The molecule has 2 heteroatoms. The van der Waals surface area contributed by atoms with Crippen LogP contribution < -0.4 is 11.5 Å². The van der Waals surface area contributed by atoms with E-state index in [0.29, 0.717) is 0 Å². The van der Waals surface area contributed by atoms with Crippen molar-refractivity contribution in [3.8, 4) is 44.5 Å². The van der Waals surface area contributed by atoms with Gasteiger partial charge in [0.25, 0.3) is 0 Å². The van der Waals surface area contributed by atoms with Crippen molar-refractivity contribution in [3.63, 3.8) is 0 Å². The highest BCUT2D eigenvalue weighted by Gasteiger charge is 2.19. The Kier molecular flexibility index (Phi) is 8.16. The van der Waals surface area contributed by atoms with Gasteiger partial charge >= 0.3 is 0 Å². The first-order chi connectivity index (χ1) is 27.6. The molecule has 0 fully saturated rings. The lowest BCUT2D eigenvalue weighted by Gasteiger charge is -2.19. The first-order valence-electron chi connectivity index (χ1n) is 19.1. The Bertz CT molecular complexity index is 2960. The summed E-state index contributed by atoms with van der Waals surface area (Å²) < 4.78 is 0. The average molecular weight is 715 g/mol. The van der Waals surface area contributed by atoms with Crippen LogP contribution in [0.1, 0.15) is 11.1 Å². The largest absolute Gasteiger partial charge is 0.398 e. The van der Waals surface area contributed by atoms with Crippen molar-refractivity contribution in [3.05, 3.63) is 205 Å². The van der Waals surface area contributed by atoms with E-state index in [4.69, 9.17) is 11.5 Å². The summed E-state index contributed by atoms with van der Waals surface area (Å²) in [5.41, 5.74) is 26.2. The number of nitrogens with two attached hydrogens (primary N) is 2. The summed E-state index contributed by atoms with van der Waals surface area (Å²) in [4.78, 5) is 0. The highest BCUT2D eigenvalue weighted by atomic mass is 14.6. The second-order valence-corrected chi connectivity index (χ2v) is 14.6. The zero-order chi connectivity index (χ0) is 37.6. The van der Waals surface area contributed by atoms with Crippen LogP contribution >= 0.6 is 0 Å². The van der Waals surface area contributed by atoms with E-state index in [0.717, 1.165) is 67.0 Å². The third kappa shape index (κ3) is 5.95. The van der Waals surface area contributed by atoms with Gasteiger partial charge in [-0.05, 0) is 124 Å². The van der Waals surface area contributed by atoms with Gasteiger partial charge in [-0.15, -0.1) is 0 Å². The first-order valence-corrected chi connectivity index (χ1v) is 19.1. The van der Waals surface area contributed by atoms with Gasteiger partial charge in [-0.1, -0.05) is 170 Å². The van der Waals surface area contributed by atoms with Crippen LogP contribution in [0.3, 0.4) is 0 Å². The molecule has 0 aliphatic carbocycles. The lowest BCUT2D eigenvalue weighted by atomic mass is 9.86. The Labute approximate surface area is 326 Å². The minimum absolute atomic E-state index is 0.739. The molecule has 0 unspecified atom stereocenters. The maximum Gasteiger partial charge on any atom is 0.0400 e. The van der Waals surface area contributed by atoms with Crippen molar-refractivity contribution in [2.75, 3.05) is 11.5 Å². The quantitative estimate of drug-likeness (QED) is 0.133. The summed E-state index contributed by atoms with van der Waals surface area (Å²) in [7, 11) is 0. The minimum atomic E-state index is 0.739. The summed E-state index contributed by atoms with van der Waals surface area (Å²) in [5, 5.41) is 9.53. The van der Waals surface area contributed by atoms with Crippen LogP contribution in [0.25, 0.3) is 99.7 Å². The van der Waals surface area contributed by atoms with Gasteiger partial charge in [-0.25, -0.2) is 0 Å². The average Bonchev–Trinajstić information content (AvgIpc) is 3.25. The molecule has 10 aromatic carbocycles. The molecule has 0 aromatic heterocycles. The monoisotopic (exact) mass is 714 g/mol. The summed E-state index contributed by atoms with van der Waals surface area (Å²) in [6.45, 7) is 0. The van der Waals surface area contributed by atoms with Crippen LogP contribution in [0.4, 0.5) is 11.4 Å². The van der Waals surface area contributed by atoms with E-state index in [1.165, 1.54) is 43.1 Å². The van der Waals surface area contributed by atoms with Crippen molar-refractivity contribution in [2.24, 2.45) is 0 Å². The second kappa shape index (κ2) is 13.8. The smallest absolute Gasteiger partial charge is 0.0400 e. The highest BCUT2D eigenvalue weighted by molar-refractivity contribution is 6.04. The lowest BCUT2D eigenvalue weighted by molar-refractivity contribution is 1.57. The third-order valence-electron chi connectivity index (χ3n) is 11.1. The predicted octanol–water partition coefficient (Wildman–Crippen LogP) is 14.3. The van der Waals surface area contributed by atoms with Gasteiger partial charge in [0, 0.05) is 22.5 Å². The lowest BCUT2D eigenvalue weighted by Crippen LogP contribution is -1.98. The van der Waals surface area contributed by atoms with Crippen molar-refractivity contribution in [2.45, 2.75) is 0 Å². The van der Waals surface area contributed by atoms with E-state index < -0.39 is 0 Å². The highest BCUT2D eigenvalue weighted by Crippen LogP contribution is 2.44. The molecule has 0 saturated carbocycles. The van der Waals surface area contributed by atoms with Crippen molar-refractivity contribution in [1.82, 2.24) is 0 Å². The molecule has 2 nitrogen and oxygen atoms in total. The Morgan fingerprint density at radius 2 is 0.518 bits per heavy atom. The van der Waals surface area contributed by atoms with Gasteiger partial charge in [-0.3, -0.25) is 0 Å². The van der Waals surface area contributed by atoms with Crippen LogP contribution in [-0.2, 0) is 0 Å². The molecule has 0 bridgehead atoms. The van der Waals surface area contributed by atoms with Crippen LogP contribution in [-0.4, -0.2) is 0 Å². The number of benzene rings is 10. The molecule has 0 atom stereocenters. The molecule has 0 heterocycles. The number of anilines is 2.